The maximum Gasteiger partial charge on any atom is 0.472 e. The van der Waals surface area contributed by atoms with Gasteiger partial charge >= 0.3 is 27.6 Å². The molecule has 0 aliphatic heterocycles. The Kier molecular flexibility index (Phi) is 38.4. The molecule has 1 aliphatic rings. The van der Waals surface area contributed by atoms with Crippen LogP contribution in [0.15, 0.2) is 60.8 Å². The number of allylic oxidation sites excluding steroid dienone is 9. The van der Waals surface area contributed by atoms with Gasteiger partial charge in [-0.25, -0.2) is 9.13 Å². The van der Waals surface area contributed by atoms with Crippen molar-refractivity contribution in [1.82, 2.24) is 0 Å². The van der Waals surface area contributed by atoms with Crippen LogP contribution >= 0.6 is 15.6 Å². The summed E-state index contributed by atoms with van der Waals surface area (Å²) in [5, 5.41) is 62.2. The molecule has 1 rings (SSSR count). The predicted molar refractivity (Wildman–Crippen MR) is 272 cm³/mol. The van der Waals surface area contributed by atoms with Gasteiger partial charge in [-0.3, -0.25) is 23.2 Å². The van der Waals surface area contributed by atoms with E-state index in [-0.39, 0.29) is 32.1 Å². The van der Waals surface area contributed by atoms with Gasteiger partial charge in [-0.2, -0.15) is 0 Å². The maximum absolute atomic E-state index is 13.0. The minimum atomic E-state index is -5.40. The first-order valence-corrected chi connectivity index (χ1v) is 29.0. The zero-order valence-corrected chi connectivity index (χ0v) is 44.2. The lowest BCUT2D eigenvalue weighted by atomic mass is 9.85. The third kappa shape index (κ3) is 34.7. The first-order valence-electron chi connectivity index (χ1n) is 26.0. The number of hydrogen-bond acceptors (Lipinski definition) is 15. The normalized spacial score (nSPS) is 22.2. The van der Waals surface area contributed by atoms with Crippen LogP contribution in [0.4, 0.5) is 0 Å². The number of unbranched alkanes of at least 4 members (excludes halogenated alkanes) is 15. The number of ether oxygens (including phenoxy) is 2. The molecule has 0 heterocycles. The average molecular weight is 1050 g/mol. The van der Waals surface area contributed by atoms with E-state index in [2.05, 4.69) is 60.9 Å². The van der Waals surface area contributed by atoms with Crippen LogP contribution in [-0.2, 0) is 41.8 Å². The Morgan fingerprint density at radius 2 is 0.958 bits per heavy atom. The molecule has 7 unspecified atom stereocenters. The standard InChI is InChI=1S/C51H90O18P2/c1-3-5-7-9-11-13-15-17-18-19-20-21-22-23-25-27-29-31-33-37-44(54)65-39-41(40-66-71(63,64)69-51-48(58)46(56)47(57)50(49(51)59)68-70(60,61)62)67-45(55)38-34-36-43(53)42(52)35-32-30-28-26-24-16-14-12-10-8-6-4-2/h11-14,17-18,24,26,30,32,41-43,46-53,56-59H,3-10,15-16,19-23,25,27-29,31,33-40H2,1-2H3,(H,63,64)(H2,60,61,62)/b13-11-,14-12-,18-17-,26-24-,32-30-/t41-,42?,43?,46?,47?,48?,49?,50-,51+/m1/s1. The first-order chi connectivity index (χ1) is 33.9. The zero-order valence-electron chi connectivity index (χ0n) is 42.4. The molecule has 1 fully saturated rings. The van der Waals surface area contributed by atoms with Gasteiger partial charge in [0, 0.05) is 12.8 Å². The highest BCUT2D eigenvalue weighted by molar-refractivity contribution is 7.47. The SMILES string of the molecule is CCCCC/C=C\C/C=C\C/C=C\CC(O)C(O)CCCC(=O)O[C@H](COC(=O)CCCCCCCCCCC/C=C\C/C=C\CCCCC)COP(=O)(O)O[C@H]1C(O)C(O)C(O)[C@@H](OP(=O)(O)O)C1O. The van der Waals surface area contributed by atoms with E-state index >= 15 is 0 Å². The van der Waals surface area contributed by atoms with Gasteiger partial charge in [0.25, 0.3) is 0 Å². The Morgan fingerprint density at radius 1 is 0.507 bits per heavy atom. The van der Waals surface area contributed by atoms with Gasteiger partial charge in [0.05, 0.1) is 18.8 Å². The van der Waals surface area contributed by atoms with Crippen LogP contribution in [0.5, 0.6) is 0 Å². The van der Waals surface area contributed by atoms with E-state index in [1.54, 1.807) is 6.08 Å². The highest BCUT2D eigenvalue weighted by Crippen LogP contribution is 2.49. The summed E-state index contributed by atoms with van der Waals surface area (Å²) >= 11 is 0. The Balaban J connectivity index is 2.65. The van der Waals surface area contributed by atoms with Gasteiger partial charge in [0.15, 0.2) is 6.10 Å². The highest BCUT2D eigenvalue weighted by atomic mass is 31.2. The number of phosphoric ester groups is 2. The van der Waals surface area contributed by atoms with Gasteiger partial charge in [0.1, 0.15) is 43.2 Å². The van der Waals surface area contributed by atoms with Crippen LogP contribution in [-0.4, -0.2) is 125 Å². The molecule has 1 saturated carbocycles. The predicted octanol–water partition coefficient (Wildman–Crippen LogP) is 8.56. The molecule has 71 heavy (non-hydrogen) atoms. The fraction of sp³-hybridized carbons (Fsp3) is 0.765. The average Bonchev–Trinajstić information content (AvgIpc) is 3.32. The molecule has 0 aromatic rings. The molecule has 0 bridgehead atoms. The second-order valence-corrected chi connectivity index (χ2v) is 20.8. The van der Waals surface area contributed by atoms with E-state index in [0.29, 0.717) is 12.8 Å². The molecule has 0 saturated heterocycles. The summed E-state index contributed by atoms with van der Waals surface area (Å²) in [6.45, 7) is 2.82. The smallest absolute Gasteiger partial charge is 0.462 e. The van der Waals surface area contributed by atoms with Crippen LogP contribution in [0.25, 0.3) is 0 Å². The van der Waals surface area contributed by atoms with Gasteiger partial charge in [-0.1, -0.05) is 145 Å². The third-order valence-corrected chi connectivity index (χ3v) is 13.3. The summed E-state index contributed by atoms with van der Waals surface area (Å²) in [6, 6.07) is 0. The lowest BCUT2D eigenvalue weighted by molar-refractivity contribution is -0.216. The van der Waals surface area contributed by atoms with Crippen molar-refractivity contribution < 1.29 is 87.1 Å². The summed E-state index contributed by atoms with van der Waals surface area (Å²) in [5.74, 6) is -1.50. The Bertz CT molecular complexity index is 1630. The van der Waals surface area contributed by atoms with E-state index in [1.807, 2.05) is 12.2 Å². The number of carbonyl (C=O) groups is 2. The lowest BCUT2D eigenvalue weighted by Gasteiger charge is -2.43. The van der Waals surface area contributed by atoms with Gasteiger partial charge in [-0.05, 0) is 83.5 Å². The minimum absolute atomic E-state index is 0.0271. The minimum Gasteiger partial charge on any atom is -0.462 e. The molecule has 20 heteroatoms. The number of aliphatic hydroxyl groups is 6. The molecular formula is C51H90O18P2. The Labute approximate surface area is 423 Å². The number of rotatable bonds is 43. The van der Waals surface area contributed by atoms with E-state index in [1.165, 1.54) is 57.8 Å². The summed E-state index contributed by atoms with van der Waals surface area (Å²) in [4.78, 5) is 54.5. The van der Waals surface area contributed by atoms with E-state index in [4.69, 9.17) is 18.5 Å². The molecule has 9 N–H and O–H groups in total. The number of carbonyl (C=O) groups excluding carboxylic acids is 2. The summed E-state index contributed by atoms with van der Waals surface area (Å²) in [5.41, 5.74) is 0. The fourth-order valence-corrected chi connectivity index (χ4v) is 9.11. The van der Waals surface area contributed by atoms with Crippen LogP contribution in [0.3, 0.4) is 0 Å². The van der Waals surface area contributed by atoms with E-state index in [9.17, 15) is 64.0 Å². The summed E-state index contributed by atoms with van der Waals surface area (Å²) in [7, 11) is -10.8. The molecule has 0 radical (unpaired) electrons. The second-order valence-electron chi connectivity index (χ2n) is 18.2. The fourth-order valence-electron chi connectivity index (χ4n) is 7.57. The largest absolute Gasteiger partial charge is 0.472 e. The van der Waals surface area contributed by atoms with Gasteiger partial charge in [-0.15, -0.1) is 0 Å². The van der Waals surface area contributed by atoms with Crippen molar-refractivity contribution in [3.8, 4) is 0 Å². The van der Waals surface area contributed by atoms with Gasteiger partial charge < -0.3 is 54.8 Å². The topological polar surface area (TPSA) is 296 Å². The Hall–Kier alpha value is -2.38. The molecule has 0 aromatic carbocycles. The number of esters is 2. The van der Waals surface area contributed by atoms with Crippen molar-refractivity contribution in [2.45, 2.75) is 236 Å². The third-order valence-electron chi connectivity index (χ3n) is 11.8. The Morgan fingerprint density at radius 3 is 1.48 bits per heavy atom. The first kappa shape index (κ1) is 66.6. The van der Waals surface area contributed by atoms with Crippen molar-refractivity contribution in [3.63, 3.8) is 0 Å². The molecule has 10 atom stereocenters. The van der Waals surface area contributed by atoms with Crippen molar-refractivity contribution in [2.24, 2.45) is 0 Å². The van der Waals surface area contributed by atoms with E-state index in [0.717, 1.165) is 64.2 Å². The summed E-state index contributed by atoms with van der Waals surface area (Å²) < 4.78 is 49.3. The van der Waals surface area contributed by atoms with E-state index < -0.39 is 95.7 Å². The molecule has 1 aliphatic carbocycles. The molecule has 412 valence electrons. The lowest BCUT2D eigenvalue weighted by Crippen LogP contribution is -2.64. The molecule has 0 amide bonds. The van der Waals surface area contributed by atoms with Crippen molar-refractivity contribution >= 4 is 27.6 Å². The molecule has 0 aromatic heterocycles. The van der Waals surface area contributed by atoms with Crippen molar-refractivity contribution in [1.29, 1.82) is 0 Å². The zero-order chi connectivity index (χ0) is 52.8. The second kappa shape index (κ2) is 40.9. The van der Waals surface area contributed by atoms with Crippen LogP contribution in [0.2, 0.25) is 0 Å². The monoisotopic (exact) mass is 1050 g/mol. The van der Waals surface area contributed by atoms with Crippen LogP contribution < -0.4 is 0 Å². The molecule has 18 nitrogen and oxygen atoms in total. The summed E-state index contributed by atoms with van der Waals surface area (Å²) in [6.07, 6.45) is 25.9. The van der Waals surface area contributed by atoms with Crippen LogP contribution in [0, 0.1) is 0 Å². The van der Waals surface area contributed by atoms with Crippen molar-refractivity contribution in [2.75, 3.05) is 13.2 Å². The quantitative estimate of drug-likeness (QED) is 0.0120. The van der Waals surface area contributed by atoms with Crippen LogP contribution in [0.1, 0.15) is 181 Å². The van der Waals surface area contributed by atoms with Crippen molar-refractivity contribution in [3.05, 3.63) is 60.8 Å². The molecule has 0 spiro atoms. The number of phosphoric acid groups is 2. The number of hydrogen-bond donors (Lipinski definition) is 9. The highest BCUT2D eigenvalue weighted by Gasteiger charge is 2.54. The maximum atomic E-state index is 13.0. The van der Waals surface area contributed by atoms with Gasteiger partial charge in [0.2, 0.25) is 0 Å². The molecular weight excluding hydrogens is 962 g/mol. The number of aliphatic hydroxyl groups excluding tert-OH is 6.